The van der Waals surface area contributed by atoms with Crippen LogP contribution in [0, 0.1) is 6.92 Å². The van der Waals surface area contributed by atoms with Gasteiger partial charge in [0, 0.05) is 35.7 Å². The summed E-state index contributed by atoms with van der Waals surface area (Å²) < 4.78 is 8.15. The van der Waals surface area contributed by atoms with E-state index in [0.29, 0.717) is 18.3 Å². The SMILES string of the molecule is Cc1ncc(-c2ccc3nccn3c2)c(OCC2=C(c3ccc4ccccc4n3)C2)n1. The van der Waals surface area contributed by atoms with Gasteiger partial charge in [-0.05, 0) is 48.8 Å². The van der Waals surface area contributed by atoms with Crippen LogP contribution in [0.4, 0.5) is 0 Å². The lowest BCUT2D eigenvalue weighted by atomic mass is 10.1. The minimum atomic E-state index is 0.501. The lowest BCUT2D eigenvalue weighted by Crippen LogP contribution is -2.02. The molecule has 1 aliphatic carbocycles. The van der Waals surface area contributed by atoms with Crippen LogP contribution in [0.2, 0.25) is 0 Å². The Labute approximate surface area is 178 Å². The molecule has 6 heteroatoms. The van der Waals surface area contributed by atoms with Crippen molar-refractivity contribution >= 4 is 22.1 Å². The van der Waals surface area contributed by atoms with Gasteiger partial charge in [-0.15, -0.1) is 0 Å². The zero-order valence-electron chi connectivity index (χ0n) is 17.0. The first-order chi connectivity index (χ1) is 15.2. The standard InChI is InChI=1S/C25H19N5O/c1-16-27-13-21(18-7-9-24-26-10-11-30(24)14-18)25(28-16)31-15-19-12-20(19)23-8-6-17-4-2-3-5-22(17)29-23/h2-11,13-14H,12,15H2,1H3. The van der Waals surface area contributed by atoms with Crippen molar-refractivity contribution in [2.75, 3.05) is 6.61 Å². The number of rotatable bonds is 5. The first-order valence-corrected chi connectivity index (χ1v) is 10.2. The molecule has 31 heavy (non-hydrogen) atoms. The van der Waals surface area contributed by atoms with Crippen LogP contribution in [0.5, 0.6) is 5.88 Å². The van der Waals surface area contributed by atoms with E-state index in [1.54, 1.807) is 6.20 Å². The van der Waals surface area contributed by atoms with Gasteiger partial charge < -0.3 is 9.14 Å². The summed E-state index contributed by atoms with van der Waals surface area (Å²) in [7, 11) is 0. The number of aromatic nitrogens is 5. The molecular weight excluding hydrogens is 386 g/mol. The number of ether oxygens (including phenoxy) is 1. The number of pyridine rings is 2. The summed E-state index contributed by atoms with van der Waals surface area (Å²) in [6.07, 6.45) is 8.47. The van der Waals surface area contributed by atoms with Gasteiger partial charge in [0.05, 0.1) is 16.8 Å². The number of hydrogen-bond acceptors (Lipinski definition) is 5. The maximum atomic E-state index is 6.17. The first kappa shape index (κ1) is 17.8. The van der Waals surface area contributed by atoms with Crippen LogP contribution in [0.3, 0.4) is 0 Å². The van der Waals surface area contributed by atoms with E-state index in [0.717, 1.165) is 39.8 Å². The second-order valence-electron chi connectivity index (χ2n) is 7.68. The molecule has 0 radical (unpaired) electrons. The molecule has 6 rings (SSSR count). The zero-order chi connectivity index (χ0) is 20.8. The van der Waals surface area contributed by atoms with E-state index in [1.807, 2.05) is 60.2 Å². The molecule has 1 aliphatic rings. The molecule has 0 atom stereocenters. The summed E-state index contributed by atoms with van der Waals surface area (Å²) in [6, 6.07) is 16.4. The molecule has 0 saturated heterocycles. The number of nitrogens with zero attached hydrogens (tertiary/aromatic N) is 5. The molecule has 0 amide bonds. The summed E-state index contributed by atoms with van der Waals surface area (Å²) in [5.74, 6) is 1.28. The van der Waals surface area contributed by atoms with Crippen molar-refractivity contribution in [1.82, 2.24) is 24.3 Å². The first-order valence-electron chi connectivity index (χ1n) is 10.2. The largest absolute Gasteiger partial charge is 0.473 e. The van der Waals surface area contributed by atoms with Gasteiger partial charge >= 0.3 is 0 Å². The Balaban J connectivity index is 1.27. The molecular formula is C25H19N5O. The van der Waals surface area contributed by atoms with E-state index < -0.39 is 0 Å². The number of aryl methyl sites for hydroxylation is 1. The maximum Gasteiger partial charge on any atom is 0.225 e. The zero-order valence-corrected chi connectivity index (χ0v) is 17.0. The third-order valence-corrected chi connectivity index (χ3v) is 5.56. The molecule has 0 aliphatic heterocycles. The van der Waals surface area contributed by atoms with E-state index >= 15 is 0 Å². The topological polar surface area (TPSA) is 65.2 Å². The van der Waals surface area contributed by atoms with E-state index in [1.165, 1.54) is 11.1 Å². The van der Waals surface area contributed by atoms with Crippen LogP contribution in [-0.4, -0.2) is 30.9 Å². The second kappa shape index (κ2) is 7.02. The lowest BCUT2D eigenvalue weighted by Gasteiger charge is -2.10. The molecule has 5 aromatic rings. The van der Waals surface area contributed by atoms with Crippen LogP contribution < -0.4 is 4.74 Å². The highest BCUT2D eigenvalue weighted by molar-refractivity contribution is 5.86. The summed E-state index contributed by atoms with van der Waals surface area (Å²) >= 11 is 0. The van der Waals surface area contributed by atoms with Crippen molar-refractivity contribution in [3.8, 4) is 17.0 Å². The van der Waals surface area contributed by atoms with Gasteiger partial charge in [0.15, 0.2) is 0 Å². The summed E-state index contributed by atoms with van der Waals surface area (Å²) in [5, 5.41) is 1.15. The second-order valence-corrected chi connectivity index (χ2v) is 7.68. The molecule has 0 saturated carbocycles. The average Bonchev–Trinajstić information content (AvgIpc) is 3.43. The van der Waals surface area contributed by atoms with E-state index in [-0.39, 0.29) is 0 Å². The van der Waals surface area contributed by atoms with Crippen molar-refractivity contribution in [2.45, 2.75) is 13.3 Å². The summed E-state index contributed by atoms with van der Waals surface area (Å²) in [6.45, 7) is 2.37. The van der Waals surface area contributed by atoms with Crippen molar-refractivity contribution in [3.05, 3.63) is 90.4 Å². The molecule has 0 bridgehead atoms. The van der Waals surface area contributed by atoms with Gasteiger partial charge in [0.25, 0.3) is 0 Å². The van der Waals surface area contributed by atoms with Crippen molar-refractivity contribution in [1.29, 1.82) is 0 Å². The normalized spacial score (nSPS) is 13.2. The monoisotopic (exact) mass is 405 g/mol. The minimum absolute atomic E-state index is 0.501. The number of imidazole rings is 1. The Kier molecular flexibility index (Phi) is 4.02. The molecule has 0 unspecified atom stereocenters. The Morgan fingerprint density at radius 3 is 2.90 bits per heavy atom. The Morgan fingerprint density at radius 1 is 1.00 bits per heavy atom. The highest BCUT2D eigenvalue weighted by atomic mass is 16.5. The van der Waals surface area contributed by atoms with Crippen LogP contribution in [0.25, 0.3) is 33.3 Å². The summed E-state index contributed by atoms with van der Waals surface area (Å²) in [5.41, 5.74) is 7.32. The highest BCUT2D eigenvalue weighted by Gasteiger charge is 2.25. The fourth-order valence-electron chi connectivity index (χ4n) is 3.81. The Morgan fingerprint density at radius 2 is 1.94 bits per heavy atom. The predicted molar refractivity (Wildman–Crippen MR) is 120 cm³/mol. The predicted octanol–water partition coefficient (Wildman–Crippen LogP) is 4.88. The van der Waals surface area contributed by atoms with Gasteiger partial charge in [-0.2, -0.15) is 4.98 Å². The van der Waals surface area contributed by atoms with Gasteiger partial charge in [0.1, 0.15) is 18.1 Å². The number of benzene rings is 1. The van der Waals surface area contributed by atoms with Crippen LogP contribution in [0.1, 0.15) is 17.9 Å². The average molecular weight is 405 g/mol. The number of fused-ring (bicyclic) bond motifs is 2. The third kappa shape index (κ3) is 3.32. The molecule has 0 spiro atoms. The Hall–Kier alpha value is -4.06. The highest BCUT2D eigenvalue weighted by Crippen LogP contribution is 2.40. The van der Waals surface area contributed by atoms with Crippen molar-refractivity contribution in [2.24, 2.45) is 0 Å². The molecule has 150 valence electrons. The maximum absolute atomic E-state index is 6.17. The molecule has 0 N–H and O–H groups in total. The molecule has 6 nitrogen and oxygen atoms in total. The smallest absolute Gasteiger partial charge is 0.225 e. The fourth-order valence-corrected chi connectivity index (χ4v) is 3.81. The van der Waals surface area contributed by atoms with Gasteiger partial charge in [-0.1, -0.05) is 24.3 Å². The number of allylic oxidation sites excluding steroid dienone is 1. The van der Waals surface area contributed by atoms with Crippen LogP contribution in [-0.2, 0) is 0 Å². The fraction of sp³-hybridized carbons (Fsp3) is 0.120. The van der Waals surface area contributed by atoms with Gasteiger partial charge in [-0.3, -0.25) is 0 Å². The molecule has 1 aromatic carbocycles. The third-order valence-electron chi connectivity index (χ3n) is 5.56. The molecule has 4 heterocycles. The van der Waals surface area contributed by atoms with Gasteiger partial charge in [0.2, 0.25) is 5.88 Å². The Bertz CT molecular complexity index is 1480. The van der Waals surface area contributed by atoms with Crippen LogP contribution >= 0.6 is 0 Å². The van der Waals surface area contributed by atoms with Gasteiger partial charge in [-0.25, -0.2) is 15.0 Å². The van der Waals surface area contributed by atoms with E-state index in [4.69, 9.17) is 9.72 Å². The molecule has 0 fully saturated rings. The summed E-state index contributed by atoms with van der Waals surface area (Å²) in [4.78, 5) is 18.0. The van der Waals surface area contributed by atoms with E-state index in [9.17, 15) is 0 Å². The quantitative estimate of drug-likeness (QED) is 0.417. The van der Waals surface area contributed by atoms with E-state index in [2.05, 4.69) is 33.2 Å². The van der Waals surface area contributed by atoms with Crippen molar-refractivity contribution in [3.63, 3.8) is 0 Å². The number of hydrogen-bond donors (Lipinski definition) is 0. The van der Waals surface area contributed by atoms with Crippen molar-refractivity contribution < 1.29 is 4.74 Å². The van der Waals surface area contributed by atoms with Crippen LogP contribution in [0.15, 0.2) is 78.9 Å². The number of para-hydroxylation sites is 1. The lowest BCUT2D eigenvalue weighted by molar-refractivity contribution is 0.342. The minimum Gasteiger partial charge on any atom is -0.473 e. The molecule has 4 aromatic heterocycles.